The van der Waals surface area contributed by atoms with Crippen LogP contribution in [0.25, 0.3) is 0 Å². The smallest absolute Gasteiger partial charge is 0.189 e. The topological polar surface area (TPSA) is 98.5 Å². The van der Waals surface area contributed by atoms with Gasteiger partial charge in [-0.3, -0.25) is 0 Å². The first-order valence-electron chi connectivity index (χ1n) is 8.81. The second kappa shape index (κ2) is 14.3. The molecule has 1 atom stereocenters. The molecule has 148 valence electrons. The van der Waals surface area contributed by atoms with Crippen molar-refractivity contribution in [2.75, 3.05) is 24.7 Å². The molecule has 1 unspecified atom stereocenters. The van der Waals surface area contributed by atoms with E-state index in [1.165, 1.54) is 13.8 Å². The van der Waals surface area contributed by atoms with E-state index in [2.05, 4.69) is 22.2 Å². The molecule has 25 heavy (non-hydrogen) atoms. The fourth-order valence-corrected chi connectivity index (χ4v) is 2.10. The number of aromatic nitrogens is 2. The third-order valence-corrected chi connectivity index (χ3v) is 3.78. The molecule has 1 heterocycles. The van der Waals surface area contributed by atoms with Crippen molar-refractivity contribution >= 4 is 17.6 Å². The molecule has 0 fully saturated rings. The lowest BCUT2D eigenvalue weighted by Crippen LogP contribution is -2.15. The Morgan fingerprint density at radius 2 is 1.68 bits per heavy atom. The highest BCUT2D eigenvalue weighted by Crippen LogP contribution is 2.19. The minimum absolute atomic E-state index is 0.260. The Morgan fingerprint density at radius 1 is 1.16 bits per heavy atom. The normalized spacial score (nSPS) is 11.6. The number of nitrogens with one attached hydrogen (secondary N) is 1. The first-order valence-corrected chi connectivity index (χ1v) is 10.0. The summed E-state index contributed by atoms with van der Waals surface area (Å²) in [5, 5.41) is 29.5. The molecule has 0 radical (unpaired) electrons. The molecular formula is C18H37N3O3S. The molecule has 0 saturated heterocycles. The van der Waals surface area contributed by atoms with Gasteiger partial charge in [0.25, 0.3) is 0 Å². The number of nitrogens with zero attached hydrogens (tertiary/aromatic N) is 2. The van der Waals surface area contributed by atoms with Gasteiger partial charge >= 0.3 is 0 Å². The summed E-state index contributed by atoms with van der Waals surface area (Å²) in [5.41, 5.74) is 2.12. The quantitative estimate of drug-likeness (QED) is 0.329. The zero-order valence-corrected chi connectivity index (χ0v) is 17.9. The average Bonchev–Trinajstić information content (AvgIpc) is 2.55. The van der Waals surface area contributed by atoms with Crippen LogP contribution in [0.2, 0.25) is 0 Å². The maximum atomic E-state index is 9.15. The van der Waals surface area contributed by atoms with Crippen molar-refractivity contribution in [1.29, 1.82) is 0 Å². The monoisotopic (exact) mass is 375 g/mol. The number of aryl methyl sites for hydroxylation is 1. The van der Waals surface area contributed by atoms with E-state index in [0.29, 0.717) is 5.92 Å². The molecule has 0 aliphatic carbocycles. The Hall–Kier alpha value is -0.890. The van der Waals surface area contributed by atoms with E-state index in [-0.39, 0.29) is 6.61 Å². The highest BCUT2D eigenvalue weighted by molar-refractivity contribution is 7.98. The van der Waals surface area contributed by atoms with Gasteiger partial charge in [-0.25, -0.2) is 9.97 Å². The molecule has 0 saturated carbocycles. The standard InChI is InChI=1S/C13H23N3OS.C3H8O2.C2H6/c1-5-11(8-17)6-7-14-12-9(2)10(3)15-13(16-12)18-4;1-3(2,4)5;1-2/h11,17H,5-8H2,1-4H3,(H,14,15,16);4-5H,1-2H3;1-2H3. The molecule has 0 amide bonds. The predicted octanol–water partition coefficient (Wildman–Crippen LogP) is 3.37. The molecule has 4 N–H and O–H groups in total. The Balaban J connectivity index is 0. The molecule has 0 aliphatic rings. The summed E-state index contributed by atoms with van der Waals surface area (Å²) < 4.78 is 0. The van der Waals surface area contributed by atoms with Gasteiger partial charge in [-0.15, -0.1) is 0 Å². The SMILES string of the molecule is CC.CC(C)(O)O.CCC(CO)CCNc1nc(SC)nc(C)c1C. The minimum atomic E-state index is -1.50. The van der Waals surface area contributed by atoms with E-state index in [1.807, 2.05) is 34.0 Å². The summed E-state index contributed by atoms with van der Waals surface area (Å²) >= 11 is 1.55. The molecule has 1 aromatic rings. The maximum Gasteiger partial charge on any atom is 0.189 e. The second-order valence-corrected chi connectivity index (χ2v) is 6.71. The molecule has 7 heteroatoms. The molecule has 0 aromatic carbocycles. The lowest BCUT2D eigenvalue weighted by molar-refractivity contribution is -0.127. The van der Waals surface area contributed by atoms with Crippen molar-refractivity contribution in [3.8, 4) is 0 Å². The summed E-state index contributed by atoms with van der Waals surface area (Å²) in [5.74, 6) is -0.208. The van der Waals surface area contributed by atoms with E-state index < -0.39 is 5.79 Å². The molecule has 1 rings (SSSR count). The van der Waals surface area contributed by atoms with Gasteiger partial charge in [0.1, 0.15) is 5.82 Å². The van der Waals surface area contributed by atoms with Crippen LogP contribution in [0.3, 0.4) is 0 Å². The number of aliphatic hydroxyl groups is 3. The number of anilines is 1. The summed E-state index contributed by atoms with van der Waals surface area (Å²) in [4.78, 5) is 8.88. The molecule has 0 spiro atoms. The van der Waals surface area contributed by atoms with Gasteiger partial charge < -0.3 is 20.6 Å². The van der Waals surface area contributed by atoms with Gasteiger partial charge in [0.15, 0.2) is 10.9 Å². The summed E-state index contributed by atoms with van der Waals surface area (Å²) in [7, 11) is 0. The van der Waals surface area contributed by atoms with Crippen LogP contribution in [0, 0.1) is 19.8 Å². The van der Waals surface area contributed by atoms with E-state index in [4.69, 9.17) is 15.3 Å². The fourth-order valence-electron chi connectivity index (χ4n) is 1.69. The van der Waals surface area contributed by atoms with Crippen molar-refractivity contribution in [2.45, 2.75) is 72.3 Å². The van der Waals surface area contributed by atoms with E-state index >= 15 is 0 Å². The molecule has 0 bridgehead atoms. The minimum Gasteiger partial charge on any atom is -0.396 e. The Kier molecular flexibility index (Phi) is 15.1. The molecule has 1 aromatic heterocycles. The van der Waals surface area contributed by atoms with Gasteiger partial charge in [-0.1, -0.05) is 39.0 Å². The molecule has 6 nitrogen and oxygen atoms in total. The lowest BCUT2D eigenvalue weighted by atomic mass is 10.0. The van der Waals surface area contributed by atoms with Crippen molar-refractivity contribution in [3.63, 3.8) is 0 Å². The molecular weight excluding hydrogens is 338 g/mol. The van der Waals surface area contributed by atoms with Gasteiger partial charge in [0.05, 0.1) is 0 Å². The number of thioether (sulfide) groups is 1. The number of aliphatic hydroxyl groups excluding tert-OH is 1. The largest absolute Gasteiger partial charge is 0.396 e. The van der Waals surface area contributed by atoms with E-state index in [0.717, 1.165) is 41.6 Å². The Bertz CT molecular complexity index is 456. The molecule has 0 aliphatic heterocycles. The van der Waals surface area contributed by atoms with Crippen molar-refractivity contribution in [3.05, 3.63) is 11.3 Å². The zero-order chi connectivity index (χ0) is 20.0. The second-order valence-electron chi connectivity index (χ2n) is 5.94. The summed E-state index contributed by atoms with van der Waals surface area (Å²) in [6, 6.07) is 0. The van der Waals surface area contributed by atoms with Crippen LogP contribution in [0.5, 0.6) is 0 Å². The fraction of sp³-hybridized carbons (Fsp3) is 0.778. The van der Waals surface area contributed by atoms with Crippen LogP contribution in [0.1, 0.15) is 58.7 Å². The van der Waals surface area contributed by atoms with E-state index in [9.17, 15) is 0 Å². The number of rotatable bonds is 7. The first-order chi connectivity index (χ1) is 11.6. The summed E-state index contributed by atoms with van der Waals surface area (Å²) in [6.07, 6.45) is 3.95. The lowest BCUT2D eigenvalue weighted by Gasteiger charge is -2.14. The Morgan fingerprint density at radius 3 is 2.08 bits per heavy atom. The van der Waals surface area contributed by atoms with E-state index in [1.54, 1.807) is 11.8 Å². The number of hydrogen-bond donors (Lipinski definition) is 4. The van der Waals surface area contributed by atoms with Crippen LogP contribution >= 0.6 is 11.8 Å². The maximum absolute atomic E-state index is 9.15. The van der Waals surface area contributed by atoms with Gasteiger partial charge in [0.2, 0.25) is 0 Å². The number of hydrogen-bond acceptors (Lipinski definition) is 7. The highest BCUT2D eigenvalue weighted by Gasteiger charge is 2.08. The Labute approximate surface area is 157 Å². The first kappa shape index (κ1) is 26.3. The van der Waals surface area contributed by atoms with Crippen molar-refractivity contribution in [1.82, 2.24) is 9.97 Å². The van der Waals surface area contributed by atoms with Crippen molar-refractivity contribution in [2.24, 2.45) is 5.92 Å². The van der Waals surface area contributed by atoms with Crippen LogP contribution in [0.4, 0.5) is 5.82 Å². The van der Waals surface area contributed by atoms with Crippen molar-refractivity contribution < 1.29 is 15.3 Å². The van der Waals surface area contributed by atoms with Crippen LogP contribution in [-0.2, 0) is 0 Å². The average molecular weight is 376 g/mol. The zero-order valence-electron chi connectivity index (χ0n) is 17.1. The summed E-state index contributed by atoms with van der Waals surface area (Å²) in [6.45, 7) is 13.8. The third-order valence-electron chi connectivity index (χ3n) is 3.23. The third kappa shape index (κ3) is 14.0. The van der Waals surface area contributed by atoms with Crippen LogP contribution < -0.4 is 5.32 Å². The van der Waals surface area contributed by atoms with Gasteiger partial charge in [-0.2, -0.15) is 0 Å². The highest BCUT2D eigenvalue weighted by atomic mass is 32.2. The predicted molar refractivity (Wildman–Crippen MR) is 107 cm³/mol. The van der Waals surface area contributed by atoms with Crippen LogP contribution in [-0.4, -0.2) is 50.5 Å². The van der Waals surface area contributed by atoms with Gasteiger partial charge in [0, 0.05) is 24.4 Å². The van der Waals surface area contributed by atoms with Gasteiger partial charge in [-0.05, 0) is 46.3 Å². The van der Waals surface area contributed by atoms with Crippen LogP contribution in [0.15, 0.2) is 5.16 Å².